The molecule has 0 saturated carbocycles. The molecule has 0 saturated heterocycles. The van der Waals surface area contributed by atoms with E-state index in [4.69, 9.17) is 9.47 Å². The lowest BCUT2D eigenvalue weighted by Gasteiger charge is -2.00. The number of carbonyl (C=O) groups excluding carboxylic acids is 1. The van der Waals surface area contributed by atoms with Crippen LogP contribution in [0.15, 0.2) is 42.5 Å². The van der Waals surface area contributed by atoms with Gasteiger partial charge >= 0.3 is 0 Å². The van der Waals surface area contributed by atoms with Gasteiger partial charge in [0.1, 0.15) is 5.82 Å². The molecule has 4 heteroatoms. The van der Waals surface area contributed by atoms with Crippen molar-refractivity contribution in [1.29, 1.82) is 0 Å². The number of halogens is 1. The van der Waals surface area contributed by atoms with E-state index in [1.807, 2.05) is 12.1 Å². The topological polar surface area (TPSA) is 35.5 Å². The van der Waals surface area contributed by atoms with E-state index in [1.54, 1.807) is 25.1 Å². The Kier molecular flexibility index (Phi) is 3.44. The number of ether oxygens (including phenoxy) is 2. The molecule has 0 bridgehead atoms. The molecule has 0 spiro atoms. The maximum absolute atomic E-state index is 13.2. The summed E-state index contributed by atoms with van der Waals surface area (Å²) in [6.45, 7) is 1.85. The predicted molar refractivity (Wildman–Crippen MR) is 77.1 cm³/mol. The van der Waals surface area contributed by atoms with Crippen LogP contribution in [0.3, 0.4) is 0 Å². The molecule has 1 aliphatic rings. The lowest BCUT2D eigenvalue weighted by Crippen LogP contribution is -1.96. The van der Waals surface area contributed by atoms with Crippen LogP contribution in [0.2, 0.25) is 0 Å². The predicted octanol–water partition coefficient (Wildman–Crippen LogP) is 3.76. The first-order chi connectivity index (χ1) is 10.1. The number of ketones is 1. The van der Waals surface area contributed by atoms with Gasteiger partial charge in [0.15, 0.2) is 17.3 Å². The van der Waals surface area contributed by atoms with Crippen molar-refractivity contribution >= 4 is 11.9 Å². The van der Waals surface area contributed by atoms with Crippen LogP contribution >= 0.6 is 0 Å². The molecule has 0 aromatic heterocycles. The van der Waals surface area contributed by atoms with E-state index in [9.17, 15) is 9.18 Å². The molecule has 0 radical (unpaired) electrons. The molecule has 0 amide bonds. The first kappa shape index (κ1) is 13.4. The third-order valence-electron chi connectivity index (χ3n) is 3.27. The van der Waals surface area contributed by atoms with Gasteiger partial charge in [-0.1, -0.05) is 12.1 Å². The van der Waals surface area contributed by atoms with Gasteiger partial charge in [0.25, 0.3) is 0 Å². The molecular formula is C17H13FO3. The SMILES string of the molecule is Cc1cc(C(=O)/C=C/c2ccc3c(c2)OCO3)ccc1F. The van der Waals surface area contributed by atoms with Crippen LogP contribution in [0, 0.1) is 12.7 Å². The van der Waals surface area contributed by atoms with Crippen molar-refractivity contribution in [2.45, 2.75) is 6.92 Å². The Hall–Kier alpha value is -2.62. The van der Waals surface area contributed by atoms with Crippen molar-refractivity contribution in [3.05, 3.63) is 65.0 Å². The van der Waals surface area contributed by atoms with Crippen LogP contribution in [0.25, 0.3) is 6.08 Å². The van der Waals surface area contributed by atoms with Crippen molar-refractivity contribution in [1.82, 2.24) is 0 Å². The molecule has 0 fully saturated rings. The van der Waals surface area contributed by atoms with Crippen LogP contribution < -0.4 is 9.47 Å². The maximum atomic E-state index is 13.2. The molecular weight excluding hydrogens is 271 g/mol. The highest BCUT2D eigenvalue weighted by Crippen LogP contribution is 2.32. The lowest BCUT2D eigenvalue weighted by molar-refractivity contribution is 0.104. The van der Waals surface area contributed by atoms with Crippen molar-refractivity contribution in [3.63, 3.8) is 0 Å². The zero-order chi connectivity index (χ0) is 14.8. The molecule has 2 aromatic carbocycles. The molecule has 3 rings (SSSR count). The molecule has 0 atom stereocenters. The second-order valence-corrected chi connectivity index (χ2v) is 4.77. The molecule has 0 unspecified atom stereocenters. The monoisotopic (exact) mass is 284 g/mol. The molecule has 21 heavy (non-hydrogen) atoms. The third kappa shape index (κ3) is 2.79. The van der Waals surface area contributed by atoms with Gasteiger partial charge in [0.05, 0.1) is 0 Å². The zero-order valence-corrected chi connectivity index (χ0v) is 11.4. The van der Waals surface area contributed by atoms with Crippen molar-refractivity contribution in [2.24, 2.45) is 0 Å². The summed E-state index contributed by atoms with van der Waals surface area (Å²) in [5, 5.41) is 0. The number of benzene rings is 2. The Morgan fingerprint density at radius 1 is 1.14 bits per heavy atom. The first-order valence-corrected chi connectivity index (χ1v) is 6.52. The summed E-state index contributed by atoms with van der Waals surface area (Å²) in [6.07, 6.45) is 3.16. The Labute approximate surface area is 121 Å². The quantitative estimate of drug-likeness (QED) is 0.636. The molecule has 106 valence electrons. The smallest absolute Gasteiger partial charge is 0.231 e. The van der Waals surface area contributed by atoms with Crippen molar-refractivity contribution in [3.8, 4) is 11.5 Å². The number of aryl methyl sites for hydroxylation is 1. The van der Waals surface area contributed by atoms with Gasteiger partial charge in [-0.15, -0.1) is 0 Å². The van der Waals surface area contributed by atoms with Crippen LogP contribution in [0.4, 0.5) is 4.39 Å². The lowest BCUT2D eigenvalue weighted by atomic mass is 10.1. The van der Waals surface area contributed by atoms with Gasteiger partial charge in [0, 0.05) is 5.56 Å². The largest absolute Gasteiger partial charge is 0.454 e. The van der Waals surface area contributed by atoms with E-state index in [1.165, 1.54) is 18.2 Å². The molecule has 1 aliphatic heterocycles. The minimum absolute atomic E-state index is 0.171. The molecule has 1 heterocycles. The van der Waals surface area contributed by atoms with Crippen molar-refractivity contribution < 1.29 is 18.7 Å². The highest BCUT2D eigenvalue weighted by molar-refractivity contribution is 6.06. The van der Waals surface area contributed by atoms with Gasteiger partial charge in [-0.3, -0.25) is 4.79 Å². The molecule has 2 aromatic rings. The molecule has 0 N–H and O–H groups in total. The van der Waals surface area contributed by atoms with E-state index in [2.05, 4.69) is 0 Å². The summed E-state index contributed by atoms with van der Waals surface area (Å²) in [6, 6.07) is 9.77. The average molecular weight is 284 g/mol. The fourth-order valence-electron chi connectivity index (χ4n) is 2.08. The van der Waals surface area contributed by atoms with E-state index in [0.29, 0.717) is 22.6 Å². The number of rotatable bonds is 3. The summed E-state index contributed by atoms with van der Waals surface area (Å²) in [7, 11) is 0. The van der Waals surface area contributed by atoms with Crippen LogP contribution in [-0.2, 0) is 0 Å². The van der Waals surface area contributed by atoms with Gasteiger partial charge in [-0.05, 0) is 54.5 Å². The number of hydrogen-bond acceptors (Lipinski definition) is 3. The standard InChI is InChI=1S/C17H13FO3/c1-11-8-13(4-5-14(11)18)15(19)6-2-12-3-7-16-17(9-12)21-10-20-16/h2-9H,10H2,1H3/b6-2+. The second-order valence-electron chi connectivity index (χ2n) is 4.77. The minimum Gasteiger partial charge on any atom is -0.454 e. The van der Waals surface area contributed by atoms with Crippen LogP contribution in [0.1, 0.15) is 21.5 Å². The first-order valence-electron chi connectivity index (χ1n) is 6.52. The average Bonchev–Trinajstić information content (AvgIpc) is 2.95. The van der Waals surface area contributed by atoms with E-state index in [0.717, 1.165) is 5.56 Å². The number of hydrogen-bond donors (Lipinski definition) is 0. The minimum atomic E-state index is -0.314. The Morgan fingerprint density at radius 2 is 1.95 bits per heavy atom. The summed E-state index contributed by atoms with van der Waals surface area (Å²) in [4.78, 5) is 12.1. The number of carbonyl (C=O) groups is 1. The highest BCUT2D eigenvalue weighted by atomic mass is 19.1. The third-order valence-corrected chi connectivity index (χ3v) is 3.27. The van der Waals surface area contributed by atoms with Gasteiger partial charge in [-0.25, -0.2) is 4.39 Å². The van der Waals surface area contributed by atoms with Crippen LogP contribution in [0.5, 0.6) is 11.5 Å². The van der Waals surface area contributed by atoms with E-state index >= 15 is 0 Å². The Balaban J connectivity index is 1.79. The second kappa shape index (κ2) is 5.40. The van der Waals surface area contributed by atoms with E-state index in [-0.39, 0.29) is 18.4 Å². The summed E-state index contributed by atoms with van der Waals surface area (Å²) in [5.41, 5.74) is 1.76. The van der Waals surface area contributed by atoms with Crippen molar-refractivity contribution in [2.75, 3.05) is 6.79 Å². The van der Waals surface area contributed by atoms with E-state index < -0.39 is 0 Å². The zero-order valence-electron chi connectivity index (χ0n) is 11.4. The fourth-order valence-corrected chi connectivity index (χ4v) is 2.08. The highest BCUT2D eigenvalue weighted by Gasteiger charge is 2.12. The number of allylic oxidation sites excluding steroid dienone is 1. The summed E-state index contributed by atoms with van der Waals surface area (Å²) >= 11 is 0. The van der Waals surface area contributed by atoms with Gasteiger partial charge in [0.2, 0.25) is 6.79 Å². The maximum Gasteiger partial charge on any atom is 0.231 e. The molecule has 0 aliphatic carbocycles. The normalized spacial score (nSPS) is 12.9. The Morgan fingerprint density at radius 3 is 2.76 bits per heavy atom. The van der Waals surface area contributed by atoms with Gasteiger partial charge in [-0.2, -0.15) is 0 Å². The van der Waals surface area contributed by atoms with Gasteiger partial charge < -0.3 is 9.47 Å². The summed E-state index contributed by atoms with van der Waals surface area (Å²) < 4.78 is 23.7. The molecule has 3 nitrogen and oxygen atoms in total. The van der Waals surface area contributed by atoms with Crippen LogP contribution in [-0.4, -0.2) is 12.6 Å². The Bertz CT molecular complexity index is 735. The fraction of sp³-hybridized carbons (Fsp3) is 0.118. The number of fused-ring (bicyclic) bond motifs is 1. The summed E-state index contributed by atoms with van der Waals surface area (Å²) in [5.74, 6) is 0.886.